The fourth-order valence-corrected chi connectivity index (χ4v) is 3.37. The maximum absolute atomic E-state index is 6.07. The highest BCUT2D eigenvalue weighted by Gasteiger charge is 2.31. The molecular weight excluding hydrogens is 238 g/mol. The van der Waals surface area contributed by atoms with Crippen molar-refractivity contribution >= 4 is 11.4 Å². The van der Waals surface area contributed by atoms with Gasteiger partial charge >= 0.3 is 0 Å². The Morgan fingerprint density at radius 1 is 1.32 bits per heavy atom. The Morgan fingerprint density at radius 3 is 3.00 bits per heavy atom. The molecule has 19 heavy (non-hydrogen) atoms. The molecule has 2 saturated heterocycles. The van der Waals surface area contributed by atoms with Crippen molar-refractivity contribution in [1.82, 2.24) is 4.90 Å². The van der Waals surface area contributed by atoms with Crippen molar-refractivity contribution in [3.8, 4) is 5.75 Å². The number of nitrogens with two attached hydrogens (primary N) is 1. The van der Waals surface area contributed by atoms with E-state index in [-0.39, 0.29) is 0 Å². The number of methoxy groups -OCH3 is 1. The lowest BCUT2D eigenvalue weighted by Gasteiger charge is -2.35. The molecule has 2 fully saturated rings. The van der Waals surface area contributed by atoms with E-state index in [1.807, 2.05) is 18.2 Å². The fourth-order valence-electron chi connectivity index (χ4n) is 3.37. The van der Waals surface area contributed by atoms with Gasteiger partial charge in [0, 0.05) is 24.7 Å². The van der Waals surface area contributed by atoms with E-state index >= 15 is 0 Å². The fraction of sp³-hybridized carbons (Fsp3) is 0.600. The molecule has 3 N–H and O–H groups in total. The van der Waals surface area contributed by atoms with Crippen molar-refractivity contribution in [3.05, 3.63) is 18.2 Å². The first-order valence-corrected chi connectivity index (χ1v) is 7.20. The first kappa shape index (κ1) is 12.6. The highest BCUT2D eigenvalue weighted by atomic mass is 16.5. The number of piperidine rings is 1. The van der Waals surface area contributed by atoms with Crippen molar-refractivity contribution < 1.29 is 4.74 Å². The lowest BCUT2D eigenvalue weighted by Crippen LogP contribution is -2.42. The molecule has 4 heteroatoms. The molecule has 2 unspecified atom stereocenters. The van der Waals surface area contributed by atoms with Crippen LogP contribution in [-0.4, -0.2) is 37.2 Å². The number of benzene rings is 1. The van der Waals surface area contributed by atoms with Gasteiger partial charge in [-0.05, 0) is 44.4 Å². The minimum Gasteiger partial charge on any atom is -0.497 e. The number of hydrogen-bond acceptors (Lipinski definition) is 4. The number of nitrogens with zero attached hydrogens (tertiary/aromatic N) is 1. The summed E-state index contributed by atoms with van der Waals surface area (Å²) < 4.78 is 5.18. The third-order valence-electron chi connectivity index (χ3n) is 4.44. The highest BCUT2D eigenvalue weighted by Crippen LogP contribution is 2.30. The van der Waals surface area contributed by atoms with Crippen molar-refractivity contribution in [2.24, 2.45) is 0 Å². The summed E-state index contributed by atoms with van der Waals surface area (Å²) in [5.41, 5.74) is 7.88. The van der Waals surface area contributed by atoms with Gasteiger partial charge in [0.2, 0.25) is 0 Å². The molecule has 0 amide bonds. The van der Waals surface area contributed by atoms with Crippen LogP contribution in [0.15, 0.2) is 18.2 Å². The van der Waals surface area contributed by atoms with E-state index in [0.29, 0.717) is 6.04 Å². The second kappa shape index (κ2) is 5.29. The zero-order chi connectivity index (χ0) is 13.2. The van der Waals surface area contributed by atoms with Crippen LogP contribution in [0.1, 0.15) is 25.7 Å². The van der Waals surface area contributed by atoms with Gasteiger partial charge in [-0.3, -0.25) is 0 Å². The van der Waals surface area contributed by atoms with Crippen molar-refractivity contribution in [2.75, 3.05) is 31.2 Å². The smallest absolute Gasteiger partial charge is 0.121 e. The summed E-state index contributed by atoms with van der Waals surface area (Å²) in [5, 5.41) is 3.61. The normalized spacial score (nSPS) is 27.0. The van der Waals surface area contributed by atoms with Crippen LogP contribution < -0.4 is 15.8 Å². The minimum absolute atomic E-state index is 0.551. The van der Waals surface area contributed by atoms with Crippen molar-refractivity contribution in [1.29, 1.82) is 0 Å². The van der Waals surface area contributed by atoms with Crippen molar-refractivity contribution in [3.63, 3.8) is 0 Å². The number of nitrogens with one attached hydrogen (secondary N) is 1. The van der Waals surface area contributed by atoms with Crippen LogP contribution in [0.4, 0.5) is 11.4 Å². The van der Waals surface area contributed by atoms with E-state index in [1.165, 1.54) is 38.8 Å². The third-order valence-corrected chi connectivity index (χ3v) is 4.44. The predicted octanol–water partition coefficient (Wildman–Crippen LogP) is 2.32. The van der Waals surface area contributed by atoms with Gasteiger partial charge in [0.15, 0.2) is 0 Å². The molecule has 0 aromatic heterocycles. The van der Waals surface area contributed by atoms with Gasteiger partial charge in [0.1, 0.15) is 5.75 Å². The average Bonchev–Trinajstić information content (AvgIpc) is 2.88. The molecule has 4 nitrogen and oxygen atoms in total. The van der Waals surface area contributed by atoms with Gasteiger partial charge in [0.05, 0.1) is 18.5 Å². The topological polar surface area (TPSA) is 50.5 Å². The largest absolute Gasteiger partial charge is 0.497 e. The summed E-state index contributed by atoms with van der Waals surface area (Å²) in [6, 6.07) is 7.20. The molecule has 1 aromatic carbocycles. The maximum atomic E-state index is 6.07. The Morgan fingerprint density at radius 2 is 2.21 bits per heavy atom. The lowest BCUT2D eigenvalue weighted by atomic mass is 9.97. The number of ether oxygens (including phenoxy) is 1. The molecule has 0 aliphatic carbocycles. The number of nitrogen functional groups attached to an aromatic ring is 1. The summed E-state index contributed by atoms with van der Waals surface area (Å²) in [4.78, 5) is 2.63. The van der Waals surface area contributed by atoms with Crippen LogP contribution in [0.25, 0.3) is 0 Å². The van der Waals surface area contributed by atoms with E-state index in [2.05, 4.69) is 10.2 Å². The van der Waals surface area contributed by atoms with Gasteiger partial charge in [-0.1, -0.05) is 0 Å². The first-order valence-electron chi connectivity index (χ1n) is 7.20. The SMILES string of the molecule is COc1ccc(NC2CCN3CCCC3C2)c(N)c1. The summed E-state index contributed by atoms with van der Waals surface area (Å²) in [6.45, 7) is 2.51. The molecule has 104 valence electrons. The average molecular weight is 261 g/mol. The van der Waals surface area contributed by atoms with Gasteiger partial charge in [-0.2, -0.15) is 0 Å². The predicted molar refractivity (Wildman–Crippen MR) is 78.6 cm³/mol. The van der Waals surface area contributed by atoms with Crippen LogP contribution in [0, 0.1) is 0 Å². The second-order valence-electron chi connectivity index (χ2n) is 5.65. The zero-order valence-corrected chi connectivity index (χ0v) is 11.6. The Kier molecular flexibility index (Phi) is 3.51. The molecule has 2 aliphatic heterocycles. The molecule has 1 aromatic rings. The molecule has 0 spiro atoms. The van der Waals surface area contributed by atoms with Crippen LogP contribution in [0.3, 0.4) is 0 Å². The molecule has 3 rings (SSSR count). The van der Waals surface area contributed by atoms with E-state index in [4.69, 9.17) is 10.5 Å². The van der Waals surface area contributed by atoms with Crippen LogP contribution >= 0.6 is 0 Å². The number of rotatable bonds is 3. The number of hydrogen-bond donors (Lipinski definition) is 2. The summed E-state index contributed by atoms with van der Waals surface area (Å²) in [6.07, 6.45) is 5.17. The summed E-state index contributed by atoms with van der Waals surface area (Å²) >= 11 is 0. The lowest BCUT2D eigenvalue weighted by molar-refractivity contribution is 0.188. The Labute approximate surface area is 114 Å². The molecular formula is C15H23N3O. The van der Waals surface area contributed by atoms with Gasteiger partial charge in [0.25, 0.3) is 0 Å². The van der Waals surface area contributed by atoms with Gasteiger partial charge in [-0.15, -0.1) is 0 Å². The van der Waals surface area contributed by atoms with E-state index in [1.54, 1.807) is 7.11 Å². The standard InChI is InChI=1S/C15H23N3O/c1-19-13-4-5-15(14(16)10-13)17-11-6-8-18-7-2-3-12(18)9-11/h4-5,10-12,17H,2-3,6-9,16H2,1H3. The molecule has 0 radical (unpaired) electrons. The van der Waals surface area contributed by atoms with Crippen LogP contribution in [-0.2, 0) is 0 Å². The minimum atomic E-state index is 0.551. The molecule has 0 saturated carbocycles. The molecule has 2 heterocycles. The third kappa shape index (κ3) is 2.63. The van der Waals surface area contributed by atoms with Crippen LogP contribution in [0.5, 0.6) is 5.75 Å². The molecule has 2 atom stereocenters. The number of anilines is 2. The van der Waals surface area contributed by atoms with E-state index in [0.717, 1.165) is 23.2 Å². The Bertz CT molecular complexity index is 449. The molecule has 2 aliphatic rings. The number of fused-ring (bicyclic) bond motifs is 1. The monoisotopic (exact) mass is 261 g/mol. The Balaban J connectivity index is 1.65. The Hall–Kier alpha value is -1.42. The zero-order valence-electron chi connectivity index (χ0n) is 11.6. The van der Waals surface area contributed by atoms with Gasteiger partial charge < -0.3 is 20.7 Å². The summed E-state index contributed by atoms with van der Waals surface area (Å²) in [7, 11) is 1.66. The first-order chi connectivity index (χ1) is 9.26. The quantitative estimate of drug-likeness (QED) is 0.820. The van der Waals surface area contributed by atoms with E-state index in [9.17, 15) is 0 Å². The van der Waals surface area contributed by atoms with Gasteiger partial charge in [-0.25, -0.2) is 0 Å². The molecule has 0 bridgehead atoms. The second-order valence-corrected chi connectivity index (χ2v) is 5.65. The summed E-state index contributed by atoms with van der Waals surface area (Å²) in [5.74, 6) is 0.814. The van der Waals surface area contributed by atoms with E-state index < -0.39 is 0 Å². The maximum Gasteiger partial charge on any atom is 0.121 e. The van der Waals surface area contributed by atoms with Crippen molar-refractivity contribution in [2.45, 2.75) is 37.8 Å². The van der Waals surface area contributed by atoms with Crippen LogP contribution in [0.2, 0.25) is 0 Å². The highest BCUT2D eigenvalue weighted by molar-refractivity contribution is 5.68.